The van der Waals surface area contributed by atoms with Crippen molar-refractivity contribution >= 4 is 0 Å². The summed E-state index contributed by atoms with van der Waals surface area (Å²) in [6.07, 6.45) is 16.8. The van der Waals surface area contributed by atoms with Crippen LogP contribution in [0, 0.1) is 16.7 Å². The standard InChI is InChI=1S/C21H36.2H2O/c1-9-14-18(20(3,4)5)16-12-11-13-17-19(15-10-2)21(6,7)8;;/h9-10,12,15-18H,1,11,13-14H2,2-8H3;2*1H2/b15-10-,16-12+,19-17+;;. The maximum Gasteiger partial charge on any atom is -0.0135 e. The van der Waals surface area contributed by atoms with E-state index in [-0.39, 0.29) is 16.4 Å². The van der Waals surface area contributed by atoms with E-state index < -0.39 is 0 Å². The van der Waals surface area contributed by atoms with Crippen molar-refractivity contribution in [3.05, 3.63) is 48.6 Å². The van der Waals surface area contributed by atoms with E-state index in [0.717, 1.165) is 19.3 Å². The molecule has 0 spiro atoms. The summed E-state index contributed by atoms with van der Waals surface area (Å²) in [5, 5.41) is 0. The first-order valence-electron chi connectivity index (χ1n) is 8.23. The van der Waals surface area contributed by atoms with Crippen LogP contribution in [0.25, 0.3) is 0 Å². The lowest BCUT2D eigenvalue weighted by atomic mass is 9.78. The molecule has 0 aromatic rings. The van der Waals surface area contributed by atoms with Gasteiger partial charge < -0.3 is 11.0 Å². The summed E-state index contributed by atoms with van der Waals surface area (Å²) < 4.78 is 0. The Hall–Kier alpha value is -1.12. The fraction of sp³-hybridized carbons (Fsp3) is 0.619. The molecule has 0 aromatic heterocycles. The maximum atomic E-state index is 3.88. The van der Waals surface area contributed by atoms with Crippen molar-refractivity contribution in [3.8, 4) is 0 Å². The molecule has 136 valence electrons. The van der Waals surface area contributed by atoms with Crippen LogP contribution in [0.2, 0.25) is 0 Å². The van der Waals surface area contributed by atoms with E-state index in [4.69, 9.17) is 0 Å². The molecule has 0 radical (unpaired) electrons. The smallest absolute Gasteiger partial charge is 0.0135 e. The summed E-state index contributed by atoms with van der Waals surface area (Å²) in [7, 11) is 0. The largest absolute Gasteiger partial charge is 0.412 e. The molecule has 2 nitrogen and oxygen atoms in total. The number of rotatable bonds is 7. The number of allylic oxidation sites excluding steroid dienone is 7. The third-order valence-corrected chi connectivity index (χ3v) is 3.81. The minimum absolute atomic E-state index is 0. The van der Waals surface area contributed by atoms with Crippen LogP contribution in [-0.2, 0) is 0 Å². The molecule has 0 saturated carbocycles. The van der Waals surface area contributed by atoms with Gasteiger partial charge in [-0.25, -0.2) is 0 Å². The van der Waals surface area contributed by atoms with Crippen molar-refractivity contribution in [2.24, 2.45) is 16.7 Å². The minimum Gasteiger partial charge on any atom is -0.412 e. The molecule has 0 saturated heterocycles. The first kappa shape index (κ1) is 26.8. The minimum atomic E-state index is 0. The molecule has 0 aliphatic rings. The van der Waals surface area contributed by atoms with Crippen LogP contribution in [0.15, 0.2) is 48.6 Å². The van der Waals surface area contributed by atoms with Gasteiger partial charge in [0.2, 0.25) is 0 Å². The van der Waals surface area contributed by atoms with Gasteiger partial charge in [0, 0.05) is 0 Å². The van der Waals surface area contributed by atoms with Crippen LogP contribution in [0.1, 0.15) is 67.7 Å². The molecule has 4 N–H and O–H groups in total. The van der Waals surface area contributed by atoms with Gasteiger partial charge >= 0.3 is 0 Å². The predicted molar refractivity (Wildman–Crippen MR) is 106 cm³/mol. The first-order valence-corrected chi connectivity index (χ1v) is 8.23. The zero-order chi connectivity index (χ0) is 16.5. The number of unbranched alkanes of at least 4 members (excludes halogenated alkanes) is 1. The third-order valence-electron chi connectivity index (χ3n) is 3.81. The lowest BCUT2D eigenvalue weighted by molar-refractivity contribution is 0.295. The fourth-order valence-corrected chi connectivity index (χ4v) is 2.30. The Morgan fingerprint density at radius 2 is 1.57 bits per heavy atom. The van der Waals surface area contributed by atoms with Crippen molar-refractivity contribution in [2.75, 3.05) is 0 Å². The van der Waals surface area contributed by atoms with Crippen LogP contribution >= 0.6 is 0 Å². The van der Waals surface area contributed by atoms with E-state index in [1.165, 1.54) is 5.57 Å². The van der Waals surface area contributed by atoms with Crippen molar-refractivity contribution in [1.82, 2.24) is 0 Å². The highest BCUT2D eigenvalue weighted by atomic mass is 16.0. The van der Waals surface area contributed by atoms with E-state index in [0.29, 0.717) is 11.3 Å². The predicted octanol–water partition coefficient (Wildman–Crippen LogP) is 5.46. The Morgan fingerprint density at radius 1 is 1.00 bits per heavy atom. The van der Waals surface area contributed by atoms with Gasteiger partial charge in [0.05, 0.1) is 0 Å². The molecule has 0 aromatic carbocycles. The molecular formula is C21H40O2. The Kier molecular flexibility index (Phi) is 14.3. The van der Waals surface area contributed by atoms with Crippen molar-refractivity contribution in [1.29, 1.82) is 0 Å². The molecule has 0 heterocycles. The monoisotopic (exact) mass is 324 g/mol. The SMILES string of the molecule is C=CCC(/C=C/CC/C=C(\C=C/C)C(C)(C)C)C(C)(C)C.O.O. The van der Waals surface area contributed by atoms with Crippen LogP contribution < -0.4 is 0 Å². The van der Waals surface area contributed by atoms with Gasteiger partial charge in [-0.2, -0.15) is 0 Å². The van der Waals surface area contributed by atoms with Gasteiger partial charge in [-0.1, -0.05) is 78.0 Å². The van der Waals surface area contributed by atoms with Crippen LogP contribution in [0.4, 0.5) is 0 Å². The fourth-order valence-electron chi connectivity index (χ4n) is 2.30. The van der Waals surface area contributed by atoms with Gasteiger partial charge in [0.25, 0.3) is 0 Å². The molecule has 0 bridgehead atoms. The second-order valence-electron chi connectivity index (χ2n) is 7.91. The van der Waals surface area contributed by atoms with Crippen LogP contribution in [-0.4, -0.2) is 11.0 Å². The summed E-state index contributed by atoms with van der Waals surface area (Å²) in [4.78, 5) is 0. The van der Waals surface area contributed by atoms with Gasteiger partial charge in [-0.15, -0.1) is 6.58 Å². The van der Waals surface area contributed by atoms with Crippen molar-refractivity contribution in [2.45, 2.75) is 67.7 Å². The van der Waals surface area contributed by atoms with E-state index in [1.807, 2.05) is 6.08 Å². The molecule has 1 atom stereocenters. The van der Waals surface area contributed by atoms with Gasteiger partial charge in [0.15, 0.2) is 0 Å². The molecule has 0 amide bonds. The van der Waals surface area contributed by atoms with Crippen molar-refractivity contribution < 1.29 is 11.0 Å². The van der Waals surface area contributed by atoms with E-state index in [1.54, 1.807) is 0 Å². The Bertz CT molecular complexity index is 387. The summed E-state index contributed by atoms with van der Waals surface area (Å²) in [5.41, 5.74) is 1.96. The second kappa shape index (κ2) is 12.3. The highest BCUT2D eigenvalue weighted by Gasteiger charge is 2.20. The summed E-state index contributed by atoms with van der Waals surface area (Å²) >= 11 is 0. The average Bonchev–Trinajstić information content (AvgIpc) is 2.33. The van der Waals surface area contributed by atoms with E-state index in [9.17, 15) is 0 Å². The Morgan fingerprint density at radius 3 is 1.96 bits per heavy atom. The zero-order valence-corrected chi connectivity index (χ0v) is 16.4. The molecule has 0 rings (SSSR count). The summed E-state index contributed by atoms with van der Waals surface area (Å²) in [5.74, 6) is 0.580. The molecule has 23 heavy (non-hydrogen) atoms. The maximum absolute atomic E-state index is 3.88. The van der Waals surface area contributed by atoms with Gasteiger partial charge in [-0.3, -0.25) is 0 Å². The highest BCUT2D eigenvalue weighted by molar-refractivity contribution is 5.24. The Labute approximate surface area is 144 Å². The molecule has 1 unspecified atom stereocenters. The number of hydrogen-bond acceptors (Lipinski definition) is 0. The normalized spacial score (nSPS) is 14.5. The Balaban J connectivity index is -0.00000200. The van der Waals surface area contributed by atoms with Crippen molar-refractivity contribution in [3.63, 3.8) is 0 Å². The molecule has 0 fully saturated rings. The van der Waals surface area contributed by atoms with Crippen LogP contribution in [0.3, 0.4) is 0 Å². The molecule has 0 aliphatic carbocycles. The summed E-state index contributed by atoms with van der Waals surface area (Å²) in [6, 6.07) is 0. The van der Waals surface area contributed by atoms with Gasteiger partial charge in [-0.05, 0) is 48.5 Å². The lowest BCUT2D eigenvalue weighted by Crippen LogP contribution is -2.17. The third kappa shape index (κ3) is 12.0. The summed E-state index contributed by atoms with van der Waals surface area (Å²) in [6.45, 7) is 19.7. The average molecular weight is 325 g/mol. The van der Waals surface area contributed by atoms with E-state index in [2.05, 4.69) is 85.4 Å². The topological polar surface area (TPSA) is 63.0 Å². The second-order valence-corrected chi connectivity index (χ2v) is 7.91. The molecule has 2 heteroatoms. The lowest BCUT2D eigenvalue weighted by Gasteiger charge is -2.27. The highest BCUT2D eigenvalue weighted by Crippen LogP contribution is 2.30. The van der Waals surface area contributed by atoms with Gasteiger partial charge in [0.1, 0.15) is 0 Å². The molecule has 0 aliphatic heterocycles. The van der Waals surface area contributed by atoms with E-state index >= 15 is 0 Å². The quantitative estimate of drug-likeness (QED) is 0.339. The molecular weight excluding hydrogens is 284 g/mol. The zero-order valence-electron chi connectivity index (χ0n) is 16.4. The van der Waals surface area contributed by atoms with Crippen LogP contribution in [0.5, 0.6) is 0 Å². The first-order chi connectivity index (χ1) is 9.62. The number of hydrogen-bond donors (Lipinski definition) is 0.